The van der Waals surface area contributed by atoms with Gasteiger partial charge in [-0.2, -0.15) is 0 Å². The van der Waals surface area contributed by atoms with E-state index in [0.717, 1.165) is 0 Å². The molecule has 0 unspecified atom stereocenters. The number of nitrogens with one attached hydrogen (secondary N) is 2. The fourth-order valence-electron chi connectivity index (χ4n) is 2.23. The van der Waals surface area contributed by atoms with Crippen LogP contribution in [0.2, 0.25) is 0 Å². The van der Waals surface area contributed by atoms with Crippen LogP contribution in [0.25, 0.3) is 0 Å². The van der Waals surface area contributed by atoms with Crippen molar-refractivity contribution in [2.24, 2.45) is 0 Å². The third kappa shape index (κ3) is 4.70. The molecule has 1 aromatic heterocycles. The molecule has 0 saturated carbocycles. The summed E-state index contributed by atoms with van der Waals surface area (Å²) in [4.78, 5) is 36.6. The van der Waals surface area contributed by atoms with Gasteiger partial charge >= 0.3 is 0 Å². The molecular formula is C17H19N3O4. The first-order valence-corrected chi connectivity index (χ1v) is 7.33. The standard InChI is InChI=1S/C17H19N3O4/c1-11(21)18-14-7-13(8-15(9-14)19-12(2)22)17(23)20(3)10-16-5-4-6-24-16/h4-9H,10H2,1-3H3,(H,18,21)(H,19,22). The molecule has 3 amide bonds. The van der Waals surface area contributed by atoms with Crippen LogP contribution < -0.4 is 10.6 Å². The minimum Gasteiger partial charge on any atom is -0.467 e. The van der Waals surface area contributed by atoms with E-state index in [0.29, 0.717) is 29.2 Å². The molecule has 2 rings (SSSR count). The van der Waals surface area contributed by atoms with E-state index in [-0.39, 0.29) is 17.7 Å². The Morgan fingerprint density at radius 2 is 1.62 bits per heavy atom. The van der Waals surface area contributed by atoms with Crippen molar-refractivity contribution < 1.29 is 18.8 Å². The molecule has 0 fully saturated rings. The Morgan fingerprint density at radius 1 is 1.04 bits per heavy atom. The topological polar surface area (TPSA) is 91.7 Å². The monoisotopic (exact) mass is 329 g/mol. The van der Waals surface area contributed by atoms with Crippen molar-refractivity contribution in [2.75, 3.05) is 17.7 Å². The normalized spacial score (nSPS) is 10.1. The molecule has 7 heteroatoms. The Bertz CT molecular complexity index is 719. The first-order chi connectivity index (χ1) is 11.3. The van der Waals surface area contributed by atoms with Crippen molar-refractivity contribution in [1.82, 2.24) is 4.90 Å². The smallest absolute Gasteiger partial charge is 0.254 e. The number of hydrogen-bond acceptors (Lipinski definition) is 4. The predicted molar refractivity (Wildman–Crippen MR) is 89.6 cm³/mol. The van der Waals surface area contributed by atoms with Gasteiger partial charge in [-0.05, 0) is 30.3 Å². The number of amides is 3. The maximum Gasteiger partial charge on any atom is 0.254 e. The maximum absolute atomic E-state index is 12.6. The van der Waals surface area contributed by atoms with Gasteiger partial charge in [0.25, 0.3) is 5.91 Å². The summed E-state index contributed by atoms with van der Waals surface area (Å²) in [5.74, 6) is -0.134. The first kappa shape index (κ1) is 17.3. The van der Waals surface area contributed by atoms with Gasteiger partial charge in [-0.3, -0.25) is 14.4 Å². The van der Waals surface area contributed by atoms with Gasteiger partial charge in [-0.15, -0.1) is 0 Å². The van der Waals surface area contributed by atoms with Crippen LogP contribution >= 0.6 is 0 Å². The minimum atomic E-state index is -0.266. The number of nitrogens with zero attached hydrogens (tertiary/aromatic N) is 1. The number of benzene rings is 1. The number of carbonyl (C=O) groups is 3. The second kappa shape index (κ2) is 7.45. The zero-order valence-electron chi connectivity index (χ0n) is 13.8. The number of carbonyl (C=O) groups excluding carboxylic acids is 3. The molecule has 0 radical (unpaired) electrons. The van der Waals surface area contributed by atoms with Crippen molar-refractivity contribution in [3.63, 3.8) is 0 Å². The van der Waals surface area contributed by atoms with Crippen molar-refractivity contribution >= 4 is 29.1 Å². The average Bonchev–Trinajstić information content (AvgIpc) is 2.97. The number of furan rings is 1. The van der Waals surface area contributed by atoms with Crippen molar-refractivity contribution in [2.45, 2.75) is 20.4 Å². The third-order valence-electron chi connectivity index (χ3n) is 3.14. The third-order valence-corrected chi connectivity index (χ3v) is 3.14. The van der Waals surface area contributed by atoms with E-state index in [1.807, 2.05) is 0 Å². The van der Waals surface area contributed by atoms with E-state index in [1.165, 1.54) is 18.7 Å². The summed E-state index contributed by atoms with van der Waals surface area (Å²) in [6, 6.07) is 8.24. The Balaban J connectivity index is 2.26. The number of rotatable bonds is 5. The van der Waals surface area contributed by atoms with Crippen LogP contribution in [0.5, 0.6) is 0 Å². The molecule has 0 aliphatic heterocycles. The molecule has 1 aromatic carbocycles. The van der Waals surface area contributed by atoms with Crippen LogP contribution in [0.1, 0.15) is 30.0 Å². The highest BCUT2D eigenvalue weighted by Gasteiger charge is 2.15. The van der Waals surface area contributed by atoms with Crippen molar-refractivity contribution in [3.05, 3.63) is 47.9 Å². The molecule has 126 valence electrons. The molecule has 24 heavy (non-hydrogen) atoms. The zero-order valence-corrected chi connectivity index (χ0v) is 13.8. The second-order valence-corrected chi connectivity index (χ2v) is 5.40. The lowest BCUT2D eigenvalue weighted by atomic mass is 10.1. The summed E-state index contributed by atoms with van der Waals surface area (Å²) in [5, 5.41) is 5.24. The van der Waals surface area contributed by atoms with Crippen molar-refractivity contribution in [1.29, 1.82) is 0 Å². The van der Waals surface area contributed by atoms with Gasteiger partial charge in [0.2, 0.25) is 11.8 Å². The summed E-state index contributed by atoms with van der Waals surface area (Å²) < 4.78 is 5.24. The molecule has 0 bridgehead atoms. The van der Waals surface area contributed by atoms with Crippen molar-refractivity contribution in [3.8, 4) is 0 Å². The van der Waals surface area contributed by atoms with Crippen LogP contribution in [-0.2, 0) is 16.1 Å². The number of anilines is 2. The van der Waals surface area contributed by atoms with Gasteiger partial charge in [0.1, 0.15) is 5.76 Å². The lowest BCUT2D eigenvalue weighted by Gasteiger charge is -2.17. The highest BCUT2D eigenvalue weighted by molar-refractivity contribution is 5.99. The van der Waals surface area contributed by atoms with Crippen LogP contribution in [0, 0.1) is 0 Å². The fraction of sp³-hybridized carbons (Fsp3) is 0.235. The van der Waals surface area contributed by atoms with Crippen LogP contribution in [-0.4, -0.2) is 29.7 Å². The summed E-state index contributed by atoms with van der Waals surface area (Å²) in [6.07, 6.45) is 1.54. The van der Waals surface area contributed by atoms with E-state index >= 15 is 0 Å². The Hall–Kier alpha value is -3.09. The van der Waals surface area contributed by atoms with E-state index in [1.54, 1.807) is 43.6 Å². The van der Waals surface area contributed by atoms with Crippen LogP contribution in [0.15, 0.2) is 41.0 Å². The molecule has 0 spiro atoms. The SMILES string of the molecule is CC(=O)Nc1cc(NC(C)=O)cc(C(=O)N(C)Cc2ccco2)c1. The maximum atomic E-state index is 12.6. The quantitative estimate of drug-likeness (QED) is 0.881. The Morgan fingerprint density at radius 3 is 2.08 bits per heavy atom. The van der Waals surface area contributed by atoms with Gasteiger partial charge in [0.05, 0.1) is 12.8 Å². The molecule has 2 aromatic rings. The van der Waals surface area contributed by atoms with Gasteiger partial charge < -0.3 is 20.0 Å². The molecule has 0 aliphatic carbocycles. The summed E-state index contributed by atoms with van der Waals surface area (Å²) >= 11 is 0. The van der Waals surface area contributed by atoms with Gasteiger partial charge in [-0.1, -0.05) is 0 Å². The Labute approximate surface area is 139 Å². The molecule has 0 aliphatic rings. The summed E-state index contributed by atoms with van der Waals surface area (Å²) in [5.41, 5.74) is 1.21. The summed E-state index contributed by atoms with van der Waals surface area (Å²) in [7, 11) is 1.65. The highest BCUT2D eigenvalue weighted by Crippen LogP contribution is 2.21. The first-order valence-electron chi connectivity index (χ1n) is 7.33. The lowest BCUT2D eigenvalue weighted by molar-refractivity contribution is -0.115. The van der Waals surface area contributed by atoms with E-state index in [4.69, 9.17) is 4.42 Å². The van der Waals surface area contributed by atoms with Gasteiger partial charge in [-0.25, -0.2) is 0 Å². The largest absolute Gasteiger partial charge is 0.467 e. The lowest BCUT2D eigenvalue weighted by Crippen LogP contribution is -2.26. The molecule has 7 nitrogen and oxygen atoms in total. The molecule has 0 atom stereocenters. The Kier molecular flexibility index (Phi) is 5.36. The van der Waals surface area contributed by atoms with E-state index < -0.39 is 0 Å². The molecule has 0 saturated heterocycles. The van der Waals surface area contributed by atoms with Crippen LogP contribution in [0.3, 0.4) is 0 Å². The average molecular weight is 329 g/mol. The summed E-state index contributed by atoms with van der Waals surface area (Å²) in [6.45, 7) is 3.05. The van der Waals surface area contributed by atoms with E-state index in [9.17, 15) is 14.4 Å². The molecule has 2 N–H and O–H groups in total. The van der Waals surface area contributed by atoms with Gasteiger partial charge in [0, 0.05) is 37.8 Å². The molecule has 1 heterocycles. The van der Waals surface area contributed by atoms with Gasteiger partial charge in [0.15, 0.2) is 0 Å². The predicted octanol–water partition coefficient (Wildman–Crippen LogP) is 2.47. The van der Waals surface area contributed by atoms with E-state index in [2.05, 4.69) is 10.6 Å². The number of hydrogen-bond donors (Lipinski definition) is 2. The highest BCUT2D eigenvalue weighted by atomic mass is 16.3. The molecular weight excluding hydrogens is 310 g/mol. The van der Waals surface area contributed by atoms with Crippen LogP contribution in [0.4, 0.5) is 11.4 Å². The zero-order chi connectivity index (χ0) is 17.7. The second-order valence-electron chi connectivity index (χ2n) is 5.40. The minimum absolute atomic E-state index is 0.259. The fourth-order valence-corrected chi connectivity index (χ4v) is 2.23.